The topological polar surface area (TPSA) is 71.1 Å². The molecular weight excluding hydrogens is 450 g/mol. The standard InChI is InChI=1S/C26H35N3O4S/c1-19-5-3-6-20(2)29(19)25(30)18-33-22-10-8-21(9-11-22)26(31)27-17-23(24-7-4-16-34-24)28-12-14-32-15-13-28/h4,7-11,16,19-20,23H,3,5-6,12-15,17-18H2,1-2H3,(H,27,31)/t19-,20-,23-/m1/s1. The minimum absolute atomic E-state index is 0.0161. The first-order valence-corrected chi connectivity index (χ1v) is 13.1. The predicted octanol–water partition coefficient (Wildman–Crippen LogP) is 3.72. The number of amides is 2. The number of hydrogen-bond acceptors (Lipinski definition) is 6. The first-order chi connectivity index (χ1) is 16.5. The molecule has 3 atom stereocenters. The van der Waals surface area contributed by atoms with Crippen LogP contribution in [0.3, 0.4) is 0 Å². The largest absolute Gasteiger partial charge is 0.484 e. The van der Waals surface area contributed by atoms with Crippen LogP contribution in [0.2, 0.25) is 0 Å². The van der Waals surface area contributed by atoms with Crippen LogP contribution < -0.4 is 10.1 Å². The van der Waals surface area contributed by atoms with Crippen molar-refractivity contribution in [2.45, 2.75) is 51.2 Å². The van der Waals surface area contributed by atoms with Crippen molar-refractivity contribution >= 4 is 23.2 Å². The zero-order valence-electron chi connectivity index (χ0n) is 20.1. The maximum Gasteiger partial charge on any atom is 0.260 e. The molecule has 0 bridgehead atoms. The molecule has 2 amide bonds. The Morgan fingerprint density at radius 2 is 1.82 bits per heavy atom. The van der Waals surface area contributed by atoms with Gasteiger partial charge in [-0.3, -0.25) is 14.5 Å². The molecule has 2 aliphatic heterocycles. The van der Waals surface area contributed by atoms with Crippen molar-refractivity contribution in [1.29, 1.82) is 0 Å². The molecule has 7 nitrogen and oxygen atoms in total. The first kappa shape index (κ1) is 24.7. The van der Waals surface area contributed by atoms with Gasteiger partial charge in [0.15, 0.2) is 6.61 Å². The number of rotatable bonds is 8. The minimum atomic E-state index is -0.117. The van der Waals surface area contributed by atoms with Gasteiger partial charge in [0.1, 0.15) is 5.75 Å². The van der Waals surface area contributed by atoms with Gasteiger partial charge in [0.2, 0.25) is 0 Å². The van der Waals surface area contributed by atoms with Gasteiger partial charge >= 0.3 is 0 Å². The summed E-state index contributed by atoms with van der Waals surface area (Å²) in [5, 5.41) is 5.16. The molecule has 34 heavy (non-hydrogen) atoms. The lowest BCUT2D eigenvalue weighted by Crippen LogP contribution is -2.49. The fourth-order valence-corrected chi connectivity index (χ4v) is 5.77. The highest BCUT2D eigenvalue weighted by Crippen LogP contribution is 2.26. The van der Waals surface area contributed by atoms with E-state index in [0.29, 0.717) is 17.9 Å². The smallest absolute Gasteiger partial charge is 0.260 e. The Morgan fingerprint density at radius 1 is 1.12 bits per heavy atom. The summed E-state index contributed by atoms with van der Waals surface area (Å²) >= 11 is 1.71. The normalized spacial score (nSPS) is 22.2. The van der Waals surface area contributed by atoms with Gasteiger partial charge in [0, 0.05) is 42.2 Å². The van der Waals surface area contributed by atoms with Gasteiger partial charge in [0.25, 0.3) is 11.8 Å². The average Bonchev–Trinajstić information content (AvgIpc) is 3.38. The van der Waals surface area contributed by atoms with E-state index in [1.807, 2.05) is 11.0 Å². The fourth-order valence-electron chi connectivity index (χ4n) is 4.91. The number of thiophene rings is 1. The summed E-state index contributed by atoms with van der Waals surface area (Å²) in [6.45, 7) is 7.91. The van der Waals surface area contributed by atoms with E-state index in [-0.39, 0.29) is 36.5 Å². The van der Waals surface area contributed by atoms with Crippen LogP contribution in [0.1, 0.15) is 54.4 Å². The second-order valence-corrected chi connectivity index (χ2v) is 10.1. The number of piperidine rings is 1. The predicted molar refractivity (Wildman–Crippen MR) is 133 cm³/mol. The summed E-state index contributed by atoms with van der Waals surface area (Å²) in [5.41, 5.74) is 0.573. The van der Waals surface area contributed by atoms with Crippen LogP contribution in [-0.4, -0.2) is 73.2 Å². The second-order valence-electron chi connectivity index (χ2n) is 9.13. The van der Waals surface area contributed by atoms with Crippen LogP contribution in [0.15, 0.2) is 41.8 Å². The summed E-state index contributed by atoms with van der Waals surface area (Å²) in [5.74, 6) is 0.490. The molecule has 4 rings (SSSR count). The molecule has 3 heterocycles. The summed E-state index contributed by atoms with van der Waals surface area (Å²) in [7, 11) is 0. The van der Waals surface area contributed by atoms with E-state index in [0.717, 1.165) is 45.6 Å². The van der Waals surface area contributed by atoms with Gasteiger partial charge in [-0.25, -0.2) is 0 Å². The molecule has 0 saturated carbocycles. The molecule has 0 unspecified atom stereocenters. The molecule has 1 aromatic carbocycles. The van der Waals surface area contributed by atoms with Crippen molar-refractivity contribution in [1.82, 2.24) is 15.1 Å². The van der Waals surface area contributed by atoms with Crippen LogP contribution in [-0.2, 0) is 9.53 Å². The Hall–Kier alpha value is -2.42. The zero-order chi connectivity index (χ0) is 23.9. The lowest BCUT2D eigenvalue weighted by atomic mass is 9.97. The SMILES string of the molecule is C[C@@H]1CCC[C@@H](C)N1C(=O)COc1ccc(C(=O)NC[C@H](c2cccs2)N2CCOCC2)cc1. The fraction of sp³-hybridized carbons (Fsp3) is 0.538. The van der Waals surface area contributed by atoms with Gasteiger partial charge < -0.3 is 19.7 Å². The molecule has 1 aromatic heterocycles. The highest BCUT2D eigenvalue weighted by Gasteiger charge is 2.29. The van der Waals surface area contributed by atoms with E-state index in [1.54, 1.807) is 35.6 Å². The summed E-state index contributed by atoms with van der Waals surface area (Å²) in [4.78, 5) is 31.0. The number of nitrogens with one attached hydrogen (secondary N) is 1. The number of carbonyl (C=O) groups excluding carboxylic acids is 2. The molecule has 184 valence electrons. The third-order valence-corrected chi connectivity index (χ3v) is 7.75. The lowest BCUT2D eigenvalue weighted by molar-refractivity contribution is -0.139. The van der Waals surface area contributed by atoms with Crippen molar-refractivity contribution in [3.63, 3.8) is 0 Å². The molecule has 1 N–H and O–H groups in total. The third-order valence-electron chi connectivity index (χ3n) is 6.77. The summed E-state index contributed by atoms with van der Waals surface area (Å²) < 4.78 is 11.2. The number of benzene rings is 1. The van der Waals surface area contributed by atoms with E-state index < -0.39 is 0 Å². The van der Waals surface area contributed by atoms with Crippen LogP contribution in [0.25, 0.3) is 0 Å². The van der Waals surface area contributed by atoms with Crippen molar-refractivity contribution in [2.24, 2.45) is 0 Å². The quantitative estimate of drug-likeness (QED) is 0.617. The van der Waals surface area contributed by atoms with E-state index in [2.05, 4.69) is 35.5 Å². The molecule has 2 saturated heterocycles. The van der Waals surface area contributed by atoms with Crippen molar-refractivity contribution < 1.29 is 19.1 Å². The number of morpholine rings is 1. The van der Waals surface area contributed by atoms with Gasteiger partial charge in [-0.1, -0.05) is 6.07 Å². The van der Waals surface area contributed by atoms with Gasteiger partial charge in [0.05, 0.1) is 19.3 Å². The first-order valence-electron chi connectivity index (χ1n) is 12.2. The Balaban J connectivity index is 1.29. The second kappa shape index (κ2) is 11.8. The highest BCUT2D eigenvalue weighted by molar-refractivity contribution is 7.10. The Kier molecular flexibility index (Phi) is 8.59. The van der Waals surface area contributed by atoms with Gasteiger partial charge in [-0.2, -0.15) is 0 Å². The average molecular weight is 486 g/mol. The monoisotopic (exact) mass is 485 g/mol. The van der Waals surface area contributed by atoms with E-state index in [9.17, 15) is 9.59 Å². The molecule has 0 aliphatic carbocycles. The Morgan fingerprint density at radius 3 is 2.47 bits per heavy atom. The van der Waals surface area contributed by atoms with Crippen LogP contribution in [0.4, 0.5) is 0 Å². The lowest BCUT2D eigenvalue weighted by Gasteiger charge is -2.38. The molecule has 2 fully saturated rings. The number of likely N-dealkylation sites (tertiary alicyclic amines) is 1. The number of carbonyl (C=O) groups is 2. The molecule has 2 aliphatic rings. The van der Waals surface area contributed by atoms with Crippen LogP contribution in [0.5, 0.6) is 5.75 Å². The summed E-state index contributed by atoms with van der Waals surface area (Å²) in [6.07, 6.45) is 3.24. The maximum absolute atomic E-state index is 12.8. The molecular formula is C26H35N3O4S. The number of nitrogens with zero attached hydrogens (tertiary/aromatic N) is 2. The summed E-state index contributed by atoms with van der Waals surface area (Å²) in [6, 6.07) is 11.8. The van der Waals surface area contributed by atoms with Gasteiger partial charge in [-0.05, 0) is 68.8 Å². The molecule has 0 spiro atoms. The van der Waals surface area contributed by atoms with E-state index in [4.69, 9.17) is 9.47 Å². The van der Waals surface area contributed by atoms with E-state index >= 15 is 0 Å². The molecule has 0 radical (unpaired) electrons. The zero-order valence-corrected chi connectivity index (χ0v) is 20.9. The van der Waals surface area contributed by atoms with Crippen molar-refractivity contribution in [3.05, 3.63) is 52.2 Å². The van der Waals surface area contributed by atoms with Crippen molar-refractivity contribution in [2.75, 3.05) is 39.5 Å². The Bertz CT molecular complexity index is 918. The van der Waals surface area contributed by atoms with Crippen LogP contribution in [0, 0.1) is 0 Å². The number of hydrogen-bond donors (Lipinski definition) is 1. The highest BCUT2D eigenvalue weighted by atomic mass is 32.1. The molecule has 2 aromatic rings. The molecule has 8 heteroatoms. The van der Waals surface area contributed by atoms with Crippen molar-refractivity contribution in [3.8, 4) is 5.75 Å². The maximum atomic E-state index is 12.8. The van der Waals surface area contributed by atoms with Gasteiger partial charge in [-0.15, -0.1) is 11.3 Å². The number of ether oxygens (including phenoxy) is 2. The van der Waals surface area contributed by atoms with Crippen LogP contribution >= 0.6 is 11.3 Å². The minimum Gasteiger partial charge on any atom is -0.484 e. The van der Waals surface area contributed by atoms with E-state index in [1.165, 1.54) is 4.88 Å². The Labute approximate surface area is 206 Å². The third kappa shape index (κ3) is 6.17.